The lowest BCUT2D eigenvalue weighted by Gasteiger charge is -2.25. The van der Waals surface area contributed by atoms with Crippen LogP contribution in [0.25, 0.3) is 10.8 Å². The Morgan fingerprint density at radius 1 is 1.04 bits per heavy atom. The molecule has 1 atom stereocenters. The fraction of sp³-hybridized carbons (Fsp3) is 0.500. The van der Waals surface area contributed by atoms with Crippen LogP contribution in [-0.4, -0.2) is 29.6 Å². The number of aliphatic hydroxyl groups is 1. The summed E-state index contributed by atoms with van der Waals surface area (Å²) < 4.78 is 0. The molecule has 0 aromatic heterocycles. The Kier molecular flexibility index (Phi) is 7.35. The van der Waals surface area contributed by atoms with E-state index in [4.69, 9.17) is 11.6 Å². The molecule has 0 bridgehead atoms. The molecule has 0 saturated heterocycles. The molecule has 0 fully saturated rings. The molecule has 0 unspecified atom stereocenters. The number of nitrogens with zero attached hydrogens (tertiary/aromatic N) is 1. The maximum Gasteiger partial charge on any atom is 0.0922 e. The SMILES string of the molecule is CCCCN(CCCC)C[C@@H](O)c1cccc2cc(Cl)ccc12. The number of halogens is 1. The van der Waals surface area contributed by atoms with E-state index in [1.807, 2.05) is 36.4 Å². The van der Waals surface area contributed by atoms with Gasteiger partial charge in [-0.3, -0.25) is 0 Å². The molecule has 0 aliphatic carbocycles. The first-order valence-corrected chi connectivity index (χ1v) is 9.12. The lowest BCUT2D eigenvalue weighted by Crippen LogP contribution is -2.30. The topological polar surface area (TPSA) is 23.5 Å². The Bertz CT molecular complexity index is 606. The summed E-state index contributed by atoms with van der Waals surface area (Å²) in [6.07, 6.45) is 4.27. The first kappa shape index (κ1) is 18.3. The van der Waals surface area contributed by atoms with Crippen molar-refractivity contribution in [2.45, 2.75) is 45.6 Å². The molecule has 3 heteroatoms. The van der Waals surface area contributed by atoms with Crippen molar-refractivity contribution in [1.82, 2.24) is 4.90 Å². The highest BCUT2D eigenvalue weighted by Gasteiger charge is 2.15. The molecule has 0 aliphatic rings. The van der Waals surface area contributed by atoms with Gasteiger partial charge in [0.05, 0.1) is 6.10 Å². The summed E-state index contributed by atoms with van der Waals surface area (Å²) in [6.45, 7) is 7.24. The van der Waals surface area contributed by atoms with E-state index in [1.54, 1.807) is 0 Å². The molecular formula is C20H28ClNO. The van der Waals surface area contributed by atoms with Crippen LogP contribution in [0.15, 0.2) is 36.4 Å². The van der Waals surface area contributed by atoms with Crippen LogP contribution >= 0.6 is 11.6 Å². The van der Waals surface area contributed by atoms with Gasteiger partial charge in [0.2, 0.25) is 0 Å². The molecule has 0 saturated carbocycles. The van der Waals surface area contributed by atoms with Crippen LogP contribution in [0.1, 0.15) is 51.2 Å². The maximum absolute atomic E-state index is 10.8. The lowest BCUT2D eigenvalue weighted by atomic mass is 10.00. The van der Waals surface area contributed by atoms with Gasteiger partial charge in [-0.25, -0.2) is 0 Å². The minimum absolute atomic E-state index is 0.464. The zero-order valence-corrected chi connectivity index (χ0v) is 15.0. The Morgan fingerprint density at radius 3 is 2.39 bits per heavy atom. The Balaban J connectivity index is 2.16. The number of aliphatic hydroxyl groups excluding tert-OH is 1. The summed E-state index contributed by atoms with van der Waals surface area (Å²) in [6, 6.07) is 11.9. The molecule has 0 heterocycles. The van der Waals surface area contributed by atoms with Gasteiger partial charge in [-0.15, -0.1) is 0 Å². The minimum Gasteiger partial charge on any atom is -0.387 e. The van der Waals surface area contributed by atoms with Crippen molar-refractivity contribution in [2.24, 2.45) is 0 Å². The molecule has 2 aromatic carbocycles. The Morgan fingerprint density at radius 2 is 1.74 bits per heavy atom. The van der Waals surface area contributed by atoms with Crippen LogP contribution in [0.3, 0.4) is 0 Å². The van der Waals surface area contributed by atoms with Crippen molar-refractivity contribution in [3.63, 3.8) is 0 Å². The summed E-state index contributed by atoms with van der Waals surface area (Å²) in [5.41, 5.74) is 0.997. The molecule has 0 aliphatic heterocycles. The molecule has 2 nitrogen and oxygen atoms in total. The fourth-order valence-corrected chi connectivity index (χ4v) is 3.15. The Hall–Kier alpha value is -1.09. The van der Waals surface area contributed by atoms with Crippen molar-refractivity contribution < 1.29 is 5.11 Å². The molecule has 0 spiro atoms. The Labute approximate surface area is 145 Å². The number of fused-ring (bicyclic) bond motifs is 1. The van der Waals surface area contributed by atoms with Gasteiger partial charge in [0.1, 0.15) is 0 Å². The van der Waals surface area contributed by atoms with Crippen LogP contribution in [0.5, 0.6) is 0 Å². The van der Waals surface area contributed by atoms with Gasteiger partial charge in [0.15, 0.2) is 0 Å². The van der Waals surface area contributed by atoms with E-state index in [0.717, 1.165) is 34.4 Å². The maximum atomic E-state index is 10.8. The first-order chi connectivity index (χ1) is 11.2. The van der Waals surface area contributed by atoms with E-state index >= 15 is 0 Å². The van der Waals surface area contributed by atoms with E-state index in [9.17, 15) is 5.11 Å². The minimum atomic E-state index is -0.464. The van der Waals surface area contributed by atoms with E-state index in [1.165, 1.54) is 25.7 Å². The molecule has 0 amide bonds. The van der Waals surface area contributed by atoms with Gasteiger partial charge in [0.25, 0.3) is 0 Å². The zero-order valence-electron chi connectivity index (χ0n) is 14.3. The third kappa shape index (κ3) is 5.20. The molecule has 2 aromatic rings. The smallest absolute Gasteiger partial charge is 0.0922 e. The van der Waals surface area contributed by atoms with Crippen LogP contribution in [0.2, 0.25) is 5.02 Å². The second-order valence-electron chi connectivity index (χ2n) is 6.24. The van der Waals surface area contributed by atoms with Crippen LogP contribution in [-0.2, 0) is 0 Å². The normalized spacial score (nSPS) is 12.9. The van der Waals surface area contributed by atoms with Gasteiger partial charge in [0, 0.05) is 11.6 Å². The van der Waals surface area contributed by atoms with Crippen molar-refractivity contribution in [3.05, 3.63) is 47.0 Å². The highest BCUT2D eigenvalue weighted by molar-refractivity contribution is 6.31. The van der Waals surface area contributed by atoms with E-state index in [2.05, 4.69) is 18.7 Å². The number of rotatable bonds is 9. The van der Waals surface area contributed by atoms with Crippen molar-refractivity contribution >= 4 is 22.4 Å². The number of hydrogen-bond donors (Lipinski definition) is 1. The largest absolute Gasteiger partial charge is 0.387 e. The number of hydrogen-bond acceptors (Lipinski definition) is 2. The number of unbranched alkanes of at least 4 members (excludes halogenated alkanes) is 2. The van der Waals surface area contributed by atoms with Gasteiger partial charge >= 0.3 is 0 Å². The predicted octanol–water partition coefficient (Wildman–Crippen LogP) is 5.43. The first-order valence-electron chi connectivity index (χ1n) is 8.74. The fourth-order valence-electron chi connectivity index (χ4n) is 2.97. The van der Waals surface area contributed by atoms with E-state index in [-0.39, 0.29) is 0 Å². The molecule has 0 radical (unpaired) electrons. The van der Waals surface area contributed by atoms with Crippen LogP contribution in [0, 0.1) is 0 Å². The molecule has 126 valence electrons. The molecule has 1 N–H and O–H groups in total. The summed E-state index contributed by atoms with van der Waals surface area (Å²) in [5, 5.41) is 13.7. The second-order valence-corrected chi connectivity index (χ2v) is 6.67. The summed E-state index contributed by atoms with van der Waals surface area (Å²) in [7, 11) is 0. The van der Waals surface area contributed by atoms with Gasteiger partial charge < -0.3 is 10.0 Å². The monoisotopic (exact) mass is 333 g/mol. The van der Waals surface area contributed by atoms with Gasteiger partial charge in [-0.2, -0.15) is 0 Å². The third-order valence-electron chi connectivity index (χ3n) is 4.32. The summed E-state index contributed by atoms with van der Waals surface area (Å²) in [4.78, 5) is 2.40. The third-order valence-corrected chi connectivity index (χ3v) is 4.56. The molecular weight excluding hydrogens is 306 g/mol. The highest BCUT2D eigenvalue weighted by Crippen LogP contribution is 2.27. The van der Waals surface area contributed by atoms with Gasteiger partial charge in [-0.1, -0.05) is 62.6 Å². The van der Waals surface area contributed by atoms with Crippen molar-refractivity contribution in [3.8, 4) is 0 Å². The average molecular weight is 334 g/mol. The second kappa shape index (κ2) is 9.27. The van der Waals surface area contributed by atoms with Crippen molar-refractivity contribution in [2.75, 3.05) is 19.6 Å². The quantitative estimate of drug-likeness (QED) is 0.661. The summed E-state index contributed by atoms with van der Waals surface area (Å²) in [5.74, 6) is 0. The lowest BCUT2D eigenvalue weighted by molar-refractivity contribution is 0.112. The van der Waals surface area contributed by atoms with E-state index < -0.39 is 6.10 Å². The van der Waals surface area contributed by atoms with Crippen LogP contribution < -0.4 is 0 Å². The number of benzene rings is 2. The molecule has 2 rings (SSSR count). The standard InChI is InChI=1S/C20H28ClNO/c1-3-5-12-22(13-6-4-2)15-20(23)19-9-7-8-16-14-17(21)10-11-18(16)19/h7-11,14,20,23H,3-6,12-13,15H2,1-2H3/t20-/m1/s1. The zero-order chi connectivity index (χ0) is 16.7. The van der Waals surface area contributed by atoms with Crippen LogP contribution in [0.4, 0.5) is 0 Å². The summed E-state index contributed by atoms with van der Waals surface area (Å²) >= 11 is 6.08. The predicted molar refractivity (Wildman–Crippen MR) is 100 cm³/mol. The highest BCUT2D eigenvalue weighted by atomic mass is 35.5. The van der Waals surface area contributed by atoms with Gasteiger partial charge in [-0.05, 0) is 54.4 Å². The average Bonchev–Trinajstić information content (AvgIpc) is 2.56. The molecule has 23 heavy (non-hydrogen) atoms. The van der Waals surface area contributed by atoms with E-state index in [0.29, 0.717) is 6.54 Å². The van der Waals surface area contributed by atoms with Crippen molar-refractivity contribution in [1.29, 1.82) is 0 Å².